The number of rotatable bonds is 6. The van der Waals surface area contributed by atoms with Crippen LogP contribution in [0.3, 0.4) is 0 Å². The van der Waals surface area contributed by atoms with Crippen molar-refractivity contribution in [1.29, 1.82) is 0 Å². The maximum atomic E-state index is 12.1. The van der Waals surface area contributed by atoms with Crippen molar-refractivity contribution in [3.63, 3.8) is 0 Å². The van der Waals surface area contributed by atoms with E-state index in [1.54, 1.807) is 6.92 Å². The Morgan fingerprint density at radius 1 is 1.37 bits per heavy atom. The van der Waals surface area contributed by atoms with Gasteiger partial charge in [0.25, 0.3) is 0 Å². The highest BCUT2D eigenvalue weighted by molar-refractivity contribution is 7.91. The summed E-state index contributed by atoms with van der Waals surface area (Å²) in [7, 11) is -3.53. The lowest BCUT2D eigenvalue weighted by atomic mass is 10.1. The van der Waals surface area contributed by atoms with Crippen LogP contribution in [0.5, 0.6) is 0 Å². The predicted octanol–water partition coefficient (Wildman–Crippen LogP) is 1.89. The fourth-order valence-electron chi connectivity index (χ4n) is 1.57. The monoisotopic (exact) mass is 286 g/mol. The summed E-state index contributed by atoms with van der Waals surface area (Å²) in [6.45, 7) is 5.38. The summed E-state index contributed by atoms with van der Waals surface area (Å²) in [6, 6.07) is 4.09. The van der Waals surface area contributed by atoms with E-state index in [0.29, 0.717) is 5.56 Å². The Balaban J connectivity index is 3.00. The van der Waals surface area contributed by atoms with Crippen LogP contribution in [0.15, 0.2) is 23.1 Å². The summed E-state index contributed by atoms with van der Waals surface area (Å²) in [5, 5.41) is 8.90. The van der Waals surface area contributed by atoms with E-state index < -0.39 is 15.8 Å². The largest absolute Gasteiger partial charge is 0.478 e. The molecule has 0 radical (unpaired) electrons. The van der Waals surface area contributed by atoms with Crippen LogP contribution in [0.2, 0.25) is 0 Å². The van der Waals surface area contributed by atoms with Gasteiger partial charge in [0, 0.05) is 0 Å². The molecule has 19 heavy (non-hydrogen) atoms. The molecule has 0 heterocycles. The van der Waals surface area contributed by atoms with Crippen molar-refractivity contribution in [1.82, 2.24) is 0 Å². The maximum Gasteiger partial charge on any atom is 0.335 e. The summed E-state index contributed by atoms with van der Waals surface area (Å²) in [6.07, 6.45) is -0.0401. The molecule has 1 N–H and O–H groups in total. The highest BCUT2D eigenvalue weighted by atomic mass is 32.2. The summed E-state index contributed by atoms with van der Waals surface area (Å²) in [5.74, 6) is -1.30. The fourth-order valence-corrected chi connectivity index (χ4v) is 2.97. The van der Waals surface area contributed by atoms with Gasteiger partial charge in [-0.25, -0.2) is 13.2 Å². The van der Waals surface area contributed by atoms with Crippen molar-refractivity contribution in [2.45, 2.75) is 31.8 Å². The van der Waals surface area contributed by atoms with E-state index >= 15 is 0 Å². The number of hydrogen-bond acceptors (Lipinski definition) is 4. The van der Waals surface area contributed by atoms with Crippen LogP contribution in [-0.4, -0.2) is 38.0 Å². The van der Waals surface area contributed by atoms with Crippen molar-refractivity contribution < 1.29 is 23.1 Å². The van der Waals surface area contributed by atoms with Gasteiger partial charge in [-0.3, -0.25) is 0 Å². The van der Waals surface area contributed by atoms with Crippen molar-refractivity contribution in [2.75, 3.05) is 12.4 Å². The lowest BCUT2D eigenvalue weighted by molar-refractivity contribution is 0.0696. The number of carboxylic acid groups (broad SMARTS) is 1. The van der Waals surface area contributed by atoms with E-state index in [1.165, 1.54) is 18.2 Å². The standard InChI is InChI=1S/C13H18O5S/c1-9(2)18-6-7-19(16,17)12-8-11(13(14)15)5-4-10(12)3/h4-5,8-9H,6-7H2,1-3H3,(H,14,15). The summed E-state index contributed by atoms with van der Waals surface area (Å²) in [4.78, 5) is 10.9. The minimum atomic E-state index is -3.53. The van der Waals surface area contributed by atoms with Gasteiger partial charge in [0.1, 0.15) is 0 Å². The van der Waals surface area contributed by atoms with Gasteiger partial charge in [0.05, 0.1) is 28.9 Å². The van der Waals surface area contributed by atoms with E-state index in [1.807, 2.05) is 13.8 Å². The molecule has 0 saturated carbocycles. The first-order valence-corrected chi connectivity index (χ1v) is 7.57. The first kappa shape index (κ1) is 15.7. The molecule has 0 bridgehead atoms. The quantitative estimate of drug-likeness (QED) is 0.863. The molecule has 0 aliphatic rings. The van der Waals surface area contributed by atoms with Crippen LogP contribution in [0, 0.1) is 6.92 Å². The van der Waals surface area contributed by atoms with Crippen molar-refractivity contribution in [3.05, 3.63) is 29.3 Å². The number of carboxylic acids is 1. The first-order valence-electron chi connectivity index (χ1n) is 5.92. The van der Waals surface area contributed by atoms with Gasteiger partial charge in [-0.05, 0) is 38.5 Å². The molecule has 1 aromatic carbocycles. The predicted molar refractivity (Wildman–Crippen MR) is 71.3 cm³/mol. The molecule has 0 unspecified atom stereocenters. The molecule has 0 aromatic heterocycles. The Kier molecular flexibility index (Phi) is 5.08. The van der Waals surface area contributed by atoms with Gasteiger partial charge in [0.2, 0.25) is 0 Å². The molecule has 0 saturated heterocycles. The van der Waals surface area contributed by atoms with E-state index in [2.05, 4.69) is 0 Å². The molecular formula is C13H18O5S. The molecule has 0 atom stereocenters. The van der Waals surface area contributed by atoms with Crippen LogP contribution < -0.4 is 0 Å². The van der Waals surface area contributed by atoms with Crippen LogP contribution in [-0.2, 0) is 14.6 Å². The van der Waals surface area contributed by atoms with E-state index in [4.69, 9.17) is 9.84 Å². The van der Waals surface area contributed by atoms with Gasteiger partial charge < -0.3 is 9.84 Å². The molecule has 0 amide bonds. The topological polar surface area (TPSA) is 80.7 Å². The smallest absolute Gasteiger partial charge is 0.335 e. The Hall–Kier alpha value is -1.40. The van der Waals surface area contributed by atoms with Crippen LogP contribution in [0.25, 0.3) is 0 Å². The number of aryl methyl sites for hydroxylation is 1. The number of ether oxygens (including phenoxy) is 1. The fraction of sp³-hybridized carbons (Fsp3) is 0.462. The van der Waals surface area contributed by atoms with Gasteiger partial charge in [-0.15, -0.1) is 0 Å². The lowest BCUT2D eigenvalue weighted by Gasteiger charge is -2.10. The lowest BCUT2D eigenvalue weighted by Crippen LogP contribution is -2.16. The second-order valence-corrected chi connectivity index (χ2v) is 6.60. The maximum absolute atomic E-state index is 12.1. The number of aromatic carboxylic acids is 1. The third kappa shape index (κ3) is 4.33. The third-order valence-corrected chi connectivity index (χ3v) is 4.39. The Morgan fingerprint density at radius 3 is 2.53 bits per heavy atom. The third-order valence-electron chi connectivity index (χ3n) is 2.57. The summed E-state index contributed by atoms with van der Waals surface area (Å²) < 4.78 is 29.5. The normalized spacial score (nSPS) is 11.8. The van der Waals surface area contributed by atoms with Crippen molar-refractivity contribution >= 4 is 15.8 Å². The van der Waals surface area contributed by atoms with Crippen LogP contribution >= 0.6 is 0 Å². The highest BCUT2D eigenvalue weighted by Gasteiger charge is 2.19. The molecular weight excluding hydrogens is 268 g/mol. The second kappa shape index (κ2) is 6.16. The highest BCUT2D eigenvalue weighted by Crippen LogP contribution is 2.18. The number of hydrogen-bond donors (Lipinski definition) is 1. The van der Waals surface area contributed by atoms with Crippen molar-refractivity contribution in [3.8, 4) is 0 Å². The van der Waals surface area contributed by atoms with Gasteiger partial charge >= 0.3 is 5.97 Å². The molecule has 0 fully saturated rings. The molecule has 1 aromatic rings. The van der Waals surface area contributed by atoms with E-state index in [0.717, 1.165) is 0 Å². The van der Waals surface area contributed by atoms with E-state index in [-0.39, 0.29) is 28.9 Å². The average Bonchev–Trinajstić information content (AvgIpc) is 2.28. The van der Waals surface area contributed by atoms with Crippen LogP contribution in [0.4, 0.5) is 0 Å². The van der Waals surface area contributed by atoms with E-state index in [9.17, 15) is 13.2 Å². The molecule has 1 rings (SSSR count). The molecule has 0 spiro atoms. The minimum Gasteiger partial charge on any atom is -0.478 e. The van der Waals surface area contributed by atoms with Crippen LogP contribution in [0.1, 0.15) is 29.8 Å². The summed E-state index contributed by atoms with van der Waals surface area (Å²) >= 11 is 0. The average molecular weight is 286 g/mol. The number of sulfone groups is 1. The Labute approximate surface area is 113 Å². The van der Waals surface area contributed by atoms with Gasteiger partial charge in [-0.1, -0.05) is 6.07 Å². The Bertz CT molecular complexity index is 560. The molecule has 0 aliphatic heterocycles. The molecule has 106 valence electrons. The number of benzene rings is 1. The zero-order valence-corrected chi connectivity index (χ0v) is 12.0. The minimum absolute atomic E-state index is 0.0334. The van der Waals surface area contributed by atoms with Gasteiger partial charge in [-0.2, -0.15) is 0 Å². The second-order valence-electron chi connectivity index (χ2n) is 4.52. The number of carbonyl (C=O) groups is 1. The van der Waals surface area contributed by atoms with Crippen molar-refractivity contribution in [2.24, 2.45) is 0 Å². The molecule has 6 heteroatoms. The summed E-state index contributed by atoms with van der Waals surface area (Å²) in [5.41, 5.74) is 0.503. The Morgan fingerprint density at radius 2 is 2.00 bits per heavy atom. The molecule has 0 aliphatic carbocycles. The zero-order chi connectivity index (χ0) is 14.6. The molecule has 5 nitrogen and oxygen atoms in total. The van der Waals surface area contributed by atoms with Gasteiger partial charge in [0.15, 0.2) is 9.84 Å². The zero-order valence-electron chi connectivity index (χ0n) is 11.2. The first-order chi connectivity index (χ1) is 8.74. The SMILES string of the molecule is Cc1ccc(C(=O)O)cc1S(=O)(=O)CCOC(C)C.